The van der Waals surface area contributed by atoms with Crippen molar-refractivity contribution in [1.29, 1.82) is 0 Å². The molecule has 4 aromatic rings. The number of phenolic OH excluding ortho intramolecular Hbond substituents is 1. The molecule has 240 valence electrons. The van der Waals surface area contributed by atoms with Crippen molar-refractivity contribution in [1.82, 2.24) is 0 Å². The van der Waals surface area contributed by atoms with E-state index in [2.05, 4.69) is 107 Å². The van der Waals surface area contributed by atoms with Gasteiger partial charge in [0.05, 0.1) is 18.7 Å². The predicted octanol–water partition coefficient (Wildman–Crippen LogP) is 9.06. The maximum Gasteiger partial charge on any atom is 0.303 e. The lowest BCUT2D eigenvalue weighted by molar-refractivity contribution is -0.137. The summed E-state index contributed by atoms with van der Waals surface area (Å²) >= 11 is 3.59. The van der Waals surface area contributed by atoms with E-state index in [-0.39, 0.29) is 12.2 Å². The number of hydrogen-bond donors (Lipinski definition) is 2. The first kappa shape index (κ1) is 36.1. The van der Waals surface area contributed by atoms with E-state index in [0.29, 0.717) is 11.5 Å². The lowest BCUT2D eigenvalue weighted by Gasteiger charge is -2.18. The topological polar surface area (TPSA) is 76.0 Å². The first-order valence-corrected chi connectivity index (χ1v) is 17.8. The first-order valence-electron chi connectivity index (χ1n) is 15.7. The summed E-state index contributed by atoms with van der Waals surface area (Å²) in [5.74, 6) is 0.340. The van der Waals surface area contributed by atoms with Gasteiger partial charge >= 0.3 is 5.97 Å². The molecule has 0 radical (unpaired) electrons. The number of aliphatic carboxylic acids is 1. The van der Waals surface area contributed by atoms with Gasteiger partial charge in [0.25, 0.3) is 0 Å². The highest BCUT2D eigenvalue weighted by atomic mass is 79.9. The molecular weight excluding hydrogens is 647 g/mol. The molecule has 0 amide bonds. The van der Waals surface area contributed by atoms with Crippen molar-refractivity contribution in [2.24, 2.45) is 0 Å². The lowest BCUT2D eigenvalue weighted by Crippen LogP contribution is -2.20. The molecule has 45 heavy (non-hydrogen) atoms. The fourth-order valence-corrected chi connectivity index (χ4v) is 8.45. The van der Waals surface area contributed by atoms with E-state index in [1.165, 1.54) is 42.3 Å². The van der Waals surface area contributed by atoms with Crippen LogP contribution in [0.3, 0.4) is 0 Å². The number of hydrogen-bond acceptors (Lipinski definition) is 4. The van der Waals surface area contributed by atoms with Crippen molar-refractivity contribution in [3.05, 3.63) is 107 Å². The second-order valence-corrected chi connectivity index (χ2v) is 13.9. The normalized spacial score (nSPS) is 10.7. The second kappa shape index (κ2) is 19.9. The van der Waals surface area contributed by atoms with Crippen LogP contribution >= 0.6 is 23.9 Å². The molecular formula is C38H46BrO5P. The number of unbranched alkanes of at least 4 members (excludes halogenated alkanes) is 7. The number of carboxylic acids is 1. The van der Waals surface area contributed by atoms with Gasteiger partial charge < -0.3 is 19.7 Å². The smallest absolute Gasteiger partial charge is 0.303 e. The summed E-state index contributed by atoms with van der Waals surface area (Å²) in [6.45, 7) is 1.90. The molecule has 4 aromatic carbocycles. The summed E-state index contributed by atoms with van der Waals surface area (Å²) in [6.07, 6.45) is 9.77. The predicted molar refractivity (Wildman–Crippen MR) is 192 cm³/mol. The van der Waals surface area contributed by atoms with Crippen LogP contribution in [0.1, 0.15) is 68.9 Å². The molecule has 0 bridgehead atoms. The minimum Gasteiger partial charge on any atom is -0.504 e. The van der Waals surface area contributed by atoms with Crippen LogP contribution in [-0.4, -0.2) is 30.4 Å². The first-order chi connectivity index (χ1) is 21.9. The molecule has 0 fully saturated rings. The standard InChI is InChI=1S/C20H31BrO5.C18H15P/c1-14-15(17(21)19(25-2)20(26-3)18(14)24)12-10-8-6-4-5-7-9-11-13-16(22)23;1-4-10-16(11-5-1)19(17-12-6-2-7-13-17)18-14-8-3-9-15-18/h24H,4-13H2,1-3H3,(H,22,23);1-15H. The average molecular weight is 694 g/mol. The monoisotopic (exact) mass is 692 g/mol. The number of methoxy groups -OCH3 is 2. The zero-order valence-corrected chi connectivity index (χ0v) is 29.2. The third kappa shape index (κ3) is 11.2. The van der Waals surface area contributed by atoms with E-state index in [4.69, 9.17) is 14.6 Å². The Morgan fingerprint density at radius 1 is 0.667 bits per heavy atom. The number of phenols is 1. The molecule has 0 aliphatic carbocycles. The summed E-state index contributed by atoms with van der Waals surface area (Å²) in [4.78, 5) is 10.4. The maximum atomic E-state index is 10.4. The van der Waals surface area contributed by atoms with Gasteiger partial charge in [-0.3, -0.25) is 4.79 Å². The van der Waals surface area contributed by atoms with Crippen LogP contribution in [0, 0.1) is 6.92 Å². The van der Waals surface area contributed by atoms with E-state index >= 15 is 0 Å². The third-order valence-corrected chi connectivity index (χ3v) is 11.0. The summed E-state index contributed by atoms with van der Waals surface area (Å²) in [6, 6.07) is 32.3. The van der Waals surface area contributed by atoms with Gasteiger partial charge in [-0.15, -0.1) is 0 Å². The number of carboxylic acid groups (broad SMARTS) is 1. The van der Waals surface area contributed by atoms with Gasteiger partial charge in [-0.25, -0.2) is 0 Å². The highest BCUT2D eigenvalue weighted by molar-refractivity contribution is 9.10. The molecule has 0 saturated heterocycles. The van der Waals surface area contributed by atoms with E-state index in [9.17, 15) is 9.90 Å². The van der Waals surface area contributed by atoms with Crippen molar-refractivity contribution in [3.63, 3.8) is 0 Å². The number of ether oxygens (including phenoxy) is 2. The molecule has 0 heterocycles. The maximum absolute atomic E-state index is 10.4. The molecule has 0 spiro atoms. The van der Waals surface area contributed by atoms with E-state index in [1.54, 1.807) is 7.11 Å². The van der Waals surface area contributed by atoms with Crippen LogP contribution in [0.4, 0.5) is 0 Å². The number of halogens is 1. The number of rotatable bonds is 16. The molecule has 4 rings (SSSR count). The molecule has 5 nitrogen and oxygen atoms in total. The third-order valence-electron chi connectivity index (χ3n) is 7.71. The van der Waals surface area contributed by atoms with Crippen molar-refractivity contribution < 1.29 is 24.5 Å². The largest absolute Gasteiger partial charge is 0.504 e. The number of carbonyl (C=O) groups is 1. The Hall–Kier alpha value is -3.34. The van der Waals surface area contributed by atoms with Crippen molar-refractivity contribution >= 4 is 45.7 Å². The minimum absolute atomic E-state index is 0.143. The Morgan fingerprint density at radius 2 is 1.07 bits per heavy atom. The van der Waals surface area contributed by atoms with Crippen LogP contribution in [0.5, 0.6) is 17.2 Å². The van der Waals surface area contributed by atoms with Crippen LogP contribution in [-0.2, 0) is 11.2 Å². The van der Waals surface area contributed by atoms with Gasteiger partial charge in [0.2, 0.25) is 5.75 Å². The Labute approximate surface area is 278 Å². The van der Waals surface area contributed by atoms with Crippen LogP contribution in [0.2, 0.25) is 0 Å². The Bertz CT molecular complexity index is 1340. The van der Waals surface area contributed by atoms with E-state index < -0.39 is 13.9 Å². The van der Waals surface area contributed by atoms with E-state index in [0.717, 1.165) is 54.1 Å². The lowest BCUT2D eigenvalue weighted by atomic mass is 9.99. The van der Waals surface area contributed by atoms with Crippen LogP contribution < -0.4 is 25.4 Å². The summed E-state index contributed by atoms with van der Waals surface area (Å²) in [5.41, 5.74) is 1.89. The minimum atomic E-state index is -0.701. The molecule has 0 unspecified atom stereocenters. The molecule has 7 heteroatoms. The van der Waals surface area contributed by atoms with Crippen LogP contribution in [0.25, 0.3) is 0 Å². The molecule has 0 aliphatic rings. The zero-order chi connectivity index (χ0) is 32.4. The summed E-state index contributed by atoms with van der Waals surface area (Å²) < 4.78 is 11.5. The highest BCUT2D eigenvalue weighted by Gasteiger charge is 2.21. The SMILES string of the molecule is COc1c(O)c(C)c(CCCCCCCCCCC(=O)O)c(Br)c1OC.c1ccc(P(c2ccccc2)c2ccccc2)cc1. The summed E-state index contributed by atoms with van der Waals surface area (Å²) in [7, 11) is 2.64. The molecule has 0 atom stereocenters. The molecule has 0 aromatic heterocycles. The Balaban J connectivity index is 0.000000256. The molecule has 2 N–H and O–H groups in total. The highest BCUT2D eigenvalue weighted by Crippen LogP contribution is 2.47. The van der Waals surface area contributed by atoms with Gasteiger partial charge in [0, 0.05) is 6.42 Å². The van der Waals surface area contributed by atoms with Crippen molar-refractivity contribution in [3.8, 4) is 17.2 Å². The van der Waals surface area contributed by atoms with Gasteiger partial charge in [-0.2, -0.15) is 0 Å². The zero-order valence-electron chi connectivity index (χ0n) is 26.7. The fraction of sp³-hybridized carbons (Fsp3) is 0.342. The second-order valence-electron chi connectivity index (χ2n) is 10.9. The molecule has 0 saturated carbocycles. The van der Waals surface area contributed by atoms with Crippen molar-refractivity contribution in [2.75, 3.05) is 14.2 Å². The van der Waals surface area contributed by atoms with Crippen molar-refractivity contribution in [2.45, 2.75) is 71.1 Å². The average Bonchev–Trinajstić information content (AvgIpc) is 3.06. The Morgan fingerprint density at radius 3 is 1.47 bits per heavy atom. The number of benzene rings is 4. The summed E-state index contributed by atoms with van der Waals surface area (Å²) in [5, 5.41) is 23.1. The fourth-order valence-electron chi connectivity index (χ4n) is 5.31. The van der Waals surface area contributed by atoms with Gasteiger partial charge in [-0.1, -0.05) is 130 Å². The van der Waals surface area contributed by atoms with Gasteiger partial charge in [0.1, 0.15) is 0 Å². The Kier molecular flexibility index (Phi) is 16.0. The van der Waals surface area contributed by atoms with Gasteiger partial charge in [-0.05, 0) is 77.1 Å². The number of aromatic hydroxyl groups is 1. The van der Waals surface area contributed by atoms with Gasteiger partial charge in [0.15, 0.2) is 11.5 Å². The quantitative estimate of drug-likeness (QED) is 0.0905. The molecule has 0 aliphatic heterocycles. The van der Waals surface area contributed by atoms with E-state index in [1.807, 2.05) is 6.92 Å². The van der Waals surface area contributed by atoms with Crippen LogP contribution in [0.15, 0.2) is 95.5 Å².